The Morgan fingerprint density at radius 3 is 2.59 bits per heavy atom. The Morgan fingerprint density at radius 1 is 1.28 bits per heavy atom. The average molecular weight is 459 g/mol. The molecule has 2 heterocycles. The summed E-state index contributed by atoms with van der Waals surface area (Å²) in [6, 6.07) is 2.51. The second-order valence-electron chi connectivity index (χ2n) is 7.42. The van der Waals surface area contributed by atoms with Gasteiger partial charge < -0.3 is 20.8 Å². The number of aliphatic hydroxyl groups is 2. The van der Waals surface area contributed by atoms with Gasteiger partial charge in [-0.05, 0) is 42.5 Å². The molecule has 0 aromatic carbocycles. The Kier molecular flexibility index (Phi) is 7.74. The third-order valence-corrected chi connectivity index (χ3v) is 5.04. The highest BCUT2D eigenvalue weighted by molar-refractivity contribution is 6.31. The largest absolute Gasteiger partial charge is 0.394 e. The van der Waals surface area contributed by atoms with E-state index in [9.17, 15) is 19.4 Å². The molecule has 0 atom stereocenters. The highest BCUT2D eigenvalue weighted by Crippen LogP contribution is 2.44. The van der Waals surface area contributed by atoms with Gasteiger partial charge in [0.25, 0.3) is 5.91 Å². The molecule has 1 saturated carbocycles. The van der Waals surface area contributed by atoms with E-state index in [1.807, 2.05) is 0 Å². The van der Waals surface area contributed by atoms with Crippen molar-refractivity contribution in [3.05, 3.63) is 77.6 Å². The van der Waals surface area contributed by atoms with E-state index in [1.54, 1.807) is 18.3 Å². The summed E-state index contributed by atoms with van der Waals surface area (Å²) in [7, 11) is 0. The summed E-state index contributed by atoms with van der Waals surface area (Å²) in [6.45, 7) is 6.11. The lowest BCUT2D eigenvalue weighted by Gasteiger charge is -2.18. The summed E-state index contributed by atoms with van der Waals surface area (Å²) in [5.41, 5.74) is 2.69. The quantitative estimate of drug-likeness (QED) is 0.403. The molecule has 0 saturated heterocycles. The van der Waals surface area contributed by atoms with Gasteiger partial charge in [0.15, 0.2) is 0 Å². The Bertz CT molecular complexity index is 1060. The molecule has 0 bridgehead atoms. The first kappa shape index (κ1) is 23.6. The molecule has 0 aliphatic heterocycles. The molecule has 0 radical (unpaired) electrons. The van der Waals surface area contributed by atoms with Crippen LogP contribution in [0.5, 0.6) is 0 Å². The van der Waals surface area contributed by atoms with Gasteiger partial charge in [-0.2, -0.15) is 0 Å². The van der Waals surface area contributed by atoms with E-state index >= 15 is 0 Å². The second kappa shape index (κ2) is 10.5. The molecule has 2 aromatic heterocycles. The van der Waals surface area contributed by atoms with E-state index in [4.69, 9.17) is 11.6 Å². The number of nitrogens with zero attached hydrogens (tertiary/aromatic N) is 2. The van der Waals surface area contributed by atoms with Crippen molar-refractivity contribution in [2.24, 2.45) is 0 Å². The van der Waals surface area contributed by atoms with E-state index in [-0.39, 0.29) is 16.2 Å². The summed E-state index contributed by atoms with van der Waals surface area (Å²) in [6.07, 6.45) is 7.95. The molecule has 32 heavy (non-hydrogen) atoms. The smallest absolute Gasteiger partial charge is 0.255 e. The topological polar surface area (TPSA) is 107 Å². The summed E-state index contributed by atoms with van der Waals surface area (Å²) >= 11 is 5.84. The number of amides is 1. The number of halogens is 2. The lowest BCUT2D eigenvalue weighted by Crippen LogP contribution is -2.40. The summed E-state index contributed by atoms with van der Waals surface area (Å²) in [4.78, 5) is 21.1. The normalized spacial score (nSPS) is 13.7. The second-order valence-corrected chi connectivity index (χ2v) is 7.91. The molecule has 9 heteroatoms. The predicted molar refractivity (Wildman–Crippen MR) is 122 cm³/mol. The SMILES string of the molecule is C=C(Cl)/C=C(\C(=C)F)c1cc(Nc2ccncc2C(=O)NC(CO)CO)c(C2CC2)cn1. The number of allylic oxidation sites excluding steroid dienone is 4. The van der Waals surface area contributed by atoms with Crippen LogP contribution in [0.25, 0.3) is 5.57 Å². The zero-order valence-electron chi connectivity index (χ0n) is 17.3. The van der Waals surface area contributed by atoms with Gasteiger partial charge in [-0.15, -0.1) is 0 Å². The van der Waals surface area contributed by atoms with Crippen LogP contribution in [0.1, 0.15) is 40.4 Å². The molecule has 0 unspecified atom stereocenters. The number of hydrogen-bond acceptors (Lipinski definition) is 6. The molecule has 2 aromatic rings. The zero-order chi connectivity index (χ0) is 23.3. The Morgan fingerprint density at radius 2 is 2.00 bits per heavy atom. The van der Waals surface area contributed by atoms with Gasteiger partial charge in [-0.1, -0.05) is 24.8 Å². The van der Waals surface area contributed by atoms with Crippen LogP contribution in [0, 0.1) is 0 Å². The number of carbonyl (C=O) groups is 1. The molecule has 1 amide bonds. The van der Waals surface area contributed by atoms with Crippen molar-refractivity contribution < 1.29 is 19.4 Å². The van der Waals surface area contributed by atoms with Crippen LogP contribution in [0.4, 0.5) is 15.8 Å². The minimum absolute atomic E-state index is 0.108. The molecule has 4 N–H and O–H groups in total. The fraction of sp³-hybridized carbons (Fsp3) is 0.261. The Labute approximate surface area is 190 Å². The van der Waals surface area contributed by atoms with Crippen molar-refractivity contribution in [2.45, 2.75) is 24.8 Å². The Hall–Kier alpha value is -3.07. The van der Waals surface area contributed by atoms with E-state index in [0.717, 1.165) is 18.4 Å². The molecule has 168 valence electrons. The number of nitrogens with one attached hydrogen (secondary N) is 2. The van der Waals surface area contributed by atoms with Crippen LogP contribution in [-0.2, 0) is 0 Å². The van der Waals surface area contributed by atoms with Crippen molar-refractivity contribution in [2.75, 3.05) is 18.5 Å². The van der Waals surface area contributed by atoms with Gasteiger partial charge in [0.1, 0.15) is 5.83 Å². The third kappa shape index (κ3) is 5.79. The summed E-state index contributed by atoms with van der Waals surface area (Å²) < 4.78 is 14.1. The van der Waals surface area contributed by atoms with Gasteiger partial charge in [-0.25, -0.2) is 4.39 Å². The molecule has 1 aliphatic carbocycles. The third-order valence-electron chi connectivity index (χ3n) is 4.93. The maximum atomic E-state index is 14.1. The first-order valence-electron chi connectivity index (χ1n) is 9.98. The van der Waals surface area contributed by atoms with Gasteiger partial charge in [0.05, 0.1) is 36.2 Å². The number of carbonyl (C=O) groups excluding carboxylic acids is 1. The number of hydrogen-bond donors (Lipinski definition) is 4. The van der Waals surface area contributed by atoms with Crippen LogP contribution in [-0.4, -0.2) is 45.3 Å². The van der Waals surface area contributed by atoms with Crippen LogP contribution in [0.2, 0.25) is 0 Å². The zero-order valence-corrected chi connectivity index (χ0v) is 18.1. The van der Waals surface area contributed by atoms with E-state index < -0.39 is 31.0 Å². The fourth-order valence-electron chi connectivity index (χ4n) is 3.13. The van der Waals surface area contributed by atoms with Crippen LogP contribution in [0.3, 0.4) is 0 Å². The van der Waals surface area contributed by atoms with E-state index in [2.05, 4.69) is 33.8 Å². The van der Waals surface area contributed by atoms with Crippen molar-refractivity contribution in [1.29, 1.82) is 0 Å². The lowest BCUT2D eigenvalue weighted by molar-refractivity contribution is 0.0880. The van der Waals surface area contributed by atoms with E-state index in [0.29, 0.717) is 23.0 Å². The summed E-state index contributed by atoms with van der Waals surface area (Å²) in [5.74, 6) is -0.894. The summed E-state index contributed by atoms with van der Waals surface area (Å²) in [5, 5.41) is 24.4. The van der Waals surface area contributed by atoms with Gasteiger partial charge in [0.2, 0.25) is 0 Å². The first-order valence-corrected chi connectivity index (χ1v) is 10.4. The lowest BCUT2D eigenvalue weighted by atomic mass is 10.0. The molecular formula is C23H24ClFN4O3. The average Bonchev–Trinajstić information content (AvgIpc) is 3.61. The number of anilines is 2. The van der Waals surface area contributed by atoms with Crippen LogP contribution < -0.4 is 10.6 Å². The highest BCUT2D eigenvalue weighted by atomic mass is 35.5. The van der Waals surface area contributed by atoms with Crippen molar-refractivity contribution in [3.8, 4) is 0 Å². The van der Waals surface area contributed by atoms with E-state index in [1.165, 1.54) is 18.5 Å². The Balaban J connectivity index is 1.99. The fourth-order valence-corrected chi connectivity index (χ4v) is 3.24. The van der Waals surface area contributed by atoms with Gasteiger partial charge in [-0.3, -0.25) is 14.8 Å². The first-order chi connectivity index (χ1) is 15.3. The molecule has 1 fully saturated rings. The minimum atomic E-state index is -0.794. The number of pyridine rings is 2. The number of aromatic nitrogens is 2. The molecular weight excluding hydrogens is 435 g/mol. The number of rotatable bonds is 10. The molecule has 3 rings (SSSR count). The van der Waals surface area contributed by atoms with Crippen LogP contribution >= 0.6 is 11.6 Å². The van der Waals surface area contributed by atoms with Gasteiger partial charge >= 0.3 is 0 Å². The minimum Gasteiger partial charge on any atom is -0.394 e. The molecule has 1 aliphatic rings. The monoisotopic (exact) mass is 458 g/mol. The molecule has 0 spiro atoms. The van der Waals surface area contributed by atoms with Crippen molar-refractivity contribution >= 4 is 34.5 Å². The predicted octanol–water partition coefficient (Wildman–Crippen LogP) is 3.80. The van der Waals surface area contributed by atoms with Crippen LogP contribution in [0.15, 0.2) is 60.8 Å². The van der Waals surface area contributed by atoms with Gasteiger partial charge in [0, 0.05) is 34.9 Å². The highest BCUT2D eigenvalue weighted by Gasteiger charge is 2.28. The van der Waals surface area contributed by atoms with Crippen molar-refractivity contribution in [1.82, 2.24) is 15.3 Å². The molecule has 7 nitrogen and oxygen atoms in total. The van der Waals surface area contributed by atoms with Crippen molar-refractivity contribution in [3.63, 3.8) is 0 Å². The number of aliphatic hydroxyl groups excluding tert-OH is 2. The standard InChI is InChI=1S/C23H24ClFN4O3/c1-13(24)7-17(14(2)25)21-8-22(18(10-27-21)15-3-4-15)29-20-5-6-26-9-19(20)23(32)28-16(11-30)12-31/h5-10,15-16,30-31H,1-4,11-12H2,(H,28,32)(H,26,27,29)/b17-7+. The maximum Gasteiger partial charge on any atom is 0.255 e. The maximum absolute atomic E-state index is 14.1.